The number of nitrogens with zero attached hydrogens (tertiary/aromatic N) is 1. The number of aromatic nitrogens is 1. The molecule has 0 bridgehead atoms. The molecule has 214 valence electrons. The Balaban J connectivity index is 1.61. The highest BCUT2D eigenvalue weighted by molar-refractivity contribution is 7.73. The molecule has 0 spiro atoms. The van der Waals surface area contributed by atoms with Crippen LogP contribution in [-0.4, -0.2) is 14.7 Å². The maximum absolute atomic E-state index is 16.1. The van der Waals surface area contributed by atoms with Crippen molar-refractivity contribution in [1.82, 2.24) is 4.98 Å². The number of H-pyrrole nitrogens is 1. The average Bonchev–Trinajstić information content (AvgIpc) is 3.63. The van der Waals surface area contributed by atoms with E-state index in [1.54, 1.807) is 43.3 Å². The molecule has 0 amide bonds. The zero-order chi connectivity index (χ0) is 30.4. The molecular weight excluding hydrogens is 568 g/mol. The van der Waals surface area contributed by atoms with Crippen molar-refractivity contribution in [2.45, 2.75) is 20.8 Å². The molecule has 1 aromatic heterocycles. The van der Waals surface area contributed by atoms with Crippen LogP contribution in [0.25, 0.3) is 28.0 Å². The van der Waals surface area contributed by atoms with E-state index in [1.807, 2.05) is 62.4 Å². The fourth-order valence-corrected chi connectivity index (χ4v) is 5.58. The number of hydrogen-bond donors (Lipinski definition) is 2. The highest BCUT2D eigenvalue weighted by Crippen LogP contribution is 2.40. The summed E-state index contributed by atoms with van der Waals surface area (Å²) in [5.41, 5.74) is 4.82. The Bertz CT molecular complexity index is 1940. The normalized spacial score (nSPS) is 14.1. The molecule has 0 unspecified atom stereocenters. The molecule has 0 atom stereocenters. The van der Waals surface area contributed by atoms with Gasteiger partial charge in [-0.3, -0.25) is 0 Å². The number of allylic oxidation sites excluding steroid dienone is 2. The van der Waals surface area contributed by atoms with E-state index in [0.29, 0.717) is 11.4 Å². The first-order chi connectivity index (χ1) is 20.6. The summed E-state index contributed by atoms with van der Waals surface area (Å²) in [7, 11) is 0. The van der Waals surface area contributed by atoms with Crippen LogP contribution in [0.4, 0.5) is 17.6 Å². The van der Waals surface area contributed by atoms with Crippen LogP contribution >= 0.6 is 12.8 Å². The van der Waals surface area contributed by atoms with Crippen molar-refractivity contribution in [3.05, 3.63) is 160 Å². The lowest BCUT2D eigenvalue weighted by atomic mass is 9.94. The first-order valence-corrected chi connectivity index (χ1v) is 14.1. The summed E-state index contributed by atoms with van der Waals surface area (Å²) in [4.78, 5) is 3.21. The molecule has 2 nitrogen and oxygen atoms in total. The molecule has 1 N–H and O–H groups in total. The lowest BCUT2D eigenvalue weighted by molar-refractivity contribution is -0.264. The summed E-state index contributed by atoms with van der Waals surface area (Å²) >= 11 is 4.68. The van der Waals surface area contributed by atoms with Crippen molar-refractivity contribution < 1.29 is 21.5 Å². The number of benzene rings is 4. The fourth-order valence-electron chi connectivity index (χ4n) is 5.23. The Hall–Kier alpha value is -4.62. The molecule has 6 rings (SSSR count). The summed E-state index contributed by atoms with van der Waals surface area (Å²) in [5.74, 6) is -5.95. The molecule has 2 heterocycles. The van der Waals surface area contributed by atoms with E-state index in [1.165, 1.54) is 16.1 Å². The SMILES string of the molecule is Cc1ccc(C2=[N+](S)/C(=C(\c3ccc(-c4ccc(C)cc4)[nH]3)c3c(F)c(F)c(-c4ccc(C)cc4)c(F)c3F)C=C2)cc1. The first kappa shape index (κ1) is 28.5. The quantitative estimate of drug-likeness (QED) is 0.0873. The van der Waals surface area contributed by atoms with Gasteiger partial charge in [0.25, 0.3) is 0 Å². The number of rotatable bonds is 5. The molecule has 1 aliphatic rings. The molecule has 0 saturated heterocycles. The monoisotopic (exact) mass is 595 g/mol. The van der Waals surface area contributed by atoms with Crippen molar-refractivity contribution in [2.24, 2.45) is 0 Å². The molecule has 1 aliphatic heterocycles. The molecule has 43 heavy (non-hydrogen) atoms. The lowest BCUT2D eigenvalue weighted by Gasteiger charge is -2.15. The minimum atomic E-state index is -1.50. The van der Waals surface area contributed by atoms with Gasteiger partial charge < -0.3 is 4.98 Å². The van der Waals surface area contributed by atoms with Gasteiger partial charge in [-0.05, 0) is 56.2 Å². The van der Waals surface area contributed by atoms with Crippen LogP contribution in [0.5, 0.6) is 0 Å². The van der Waals surface area contributed by atoms with Crippen LogP contribution in [0, 0.1) is 44.0 Å². The maximum atomic E-state index is 16.1. The van der Waals surface area contributed by atoms with E-state index in [4.69, 9.17) is 0 Å². The minimum absolute atomic E-state index is 0.0345. The Morgan fingerprint density at radius 1 is 0.581 bits per heavy atom. The van der Waals surface area contributed by atoms with Crippen LogP contribution in [0.2, 0.25) is 0 Å². The lowest BCUT2D eigenvalue weighted by Crippen LogP contribution is -2.12. The third kappa shape index (κ3) is 5.14. The third-order valence-corrected chi connectivity index (χ3v) is 8.06. The topological polar surface area (TPSA) is 18.8 Å². The predicted octanol–water partition coefficient (Wildman–Crippen LogP) is 9.51. The highest BCUT2D eigenvalue weighted by atomic mass is 32.1. The number of aromatic amines is 1. The summed E-state index contributed by atoms with van der Waals surface area (Å²) in [5, 5.41) is 0. The van der Waals surface area contributed by atoms with Gasteiger partial charge in [0, 0.05) is 23.4 Å². The highest BCUT2D eigenvalue weighted by Gasteiger charge is 2.35. The Morgan fingerprint density at radius 2 is 1.07 bits per heavy atom. The standard InChI is InChI=1S/C36H26F4N2S/c1-20-4-10-23(11-5-20)26-16-17-27(41-26)31(29-19-18-28(42(29)43)24-12-6-21(2)7-13-24)32-35(39)33(37)30(34(38)36(32)40)25-14-8-22(3)9-15-25/h4-19,43H,1-3H3/p+1. The van der Waals surface area contributed by atoms with E-state index in [9.17, 15) is 0 Å². The first-order valence-electron chi connectivity index (χ1n) is 13.7. The Morgan fingerprint density at radius 3 is 1.60 bits per heavy atom. The molecule has 0 fully saturated rings. The van der Waals surface area contributed by atoms with Crippen molar-refractivity contribution in [3.63, 3.8) is 0 Å². The van der Waals surface area contributed by atoms with E-state index >= 15 is 17.6 Å². The van der Waals surface area contributed by atoms with Crippen molar-refractivity contribution >= 4 is 24.1 Å². The van der Waals surface area contributed by atoms with Crippen molar-refractivity contribution in [2.75, 3.05) is 0 Å². The second-order valence-corrected chi connectivity index (χ2v) is 11.1. The maximum Gasteiger partial charge on any atom is 0.229 e. The van der Waals surface area contributed by atoms with Gasteiger partial charge in [0.2, 0.25) is 11.4 Å². The van der Waals surface area contributed by atoms with Crippen LogP contribution in [0.3, 0.4) is 0 Å². The summed E-state index contributed by atoms with van der Waals surface area (Å²) in [6, 6.07) is 24.9. The van der Waals surface area contributed by atoms with Gasteiger partial charge in [0.05, 0.1) is 22.4 Å². The zero-order valence-corrected chi connectivity index (χ0v) is 24.5. The summed E-state index contributed by atoms with van der Waals surface area (Å²) < 4.78 is 65.2. The van der Waals surface area contributed by atoms with Gasteiger partial charge in [-0.25, -0.2) is 17.6 Å². The van der Waals surface area contributed by atoms with Gasteiger partial charge in [-0.1, -0.05) is 77.4 Å². The molecule has 5 aromatic rings. The molecular formula is C36H27F4N2S+. The number of hydrogen-bond acceptors (Lipinski definition) is 1. The number of nitrogens with one attached hydrogen (secondary N) is 1. The largest absolute Gasteiger partial charge is 0.354 e. The molecule has 0 aliphatic carbocycles. The van der Waals surface area contributed by atoms with Gasteiger partial charge in [0.15, 0.2) is 23.3 Å². The van der Waals surface area contributed by atoms with E-state index in [0.717, 1.165) is 27.8 Å². The summed E-state index contributed by atoms with van der Waals surface area (Å²) in [6.45, 7) is 5.74. The van der Waals surface area contributed by atoms with Gasteiger partial charge in [-0.15, -0.1) is 3.98 Å². The number of halogens is 4. The Kier molecular flexibility index (Phi) is 7.44. The van der Waals surface area contributed by atoms with Gasteiger partial charge >= 0.3 is 0 Å². The van der Waals surface area contributed by atoms with E-state index in [-0.39, 0.29) is 22.5 Å². The third-order valence-electron chi connectivity index (χ3n) is 7.63. The number of aryl methyl sites for hydroxylation is 3. The van der Waals surface area contributed by atoms with Gasteiger partial charge in [-0.2, -0.15) is 0 Å². The van der Waals surface area contributed by atoms with E-state index < -0.39 is 34.4 Å². The zero-order valence-electron chi connectivity index (χ0n) is 23.6. The number of thiol groups is 1. The van der Waals surface area contributed by atoms with Crippen LogP contribution < -0.4 is 0 Å². The molecule has 4 aromatic carbocycles. The second-order valence-electron chi connectivity index (χ2n) is 10.7. The van der Waals surface area contributed by atoms with Crippen molar-refractivity contribution in [1.29, 1.82) is 0 Å². The second kappa shape index (κ2) is 11.2. The predicted molar refractivity (Wildman–Crippen MR) is 167 cm³/mol. The molecule has 0 saturated carbocycles. The van der Waals surface area contributed by atoms with Crippen LogP contribution in [-0.2, 0) is 0 Å². The fraction of sp³-hybridized carbons (Fsp3) is 0.0833. The Labute approximate surface area is 252 Å². The van der Waals surface area contributed by atoms with E-state index in [2.05, 4.69) is 17.8 Å². The average molecular weight is 596 g/mol. The molecule has 7 heteroatoms. The smallest absolute Gasteiger partial charge is 0.229 e. The summed E-state index contributed by atoms with van der Waals surface area (Å²) in [6.07, 6.45) is 3.38. The molecule has 0 radical (unpaired) electrons. The van der Waals surface area contributed by atoms with Crippen LogP contribution in [0.1, 0.15) is 33.5 Å². The van der Waals surface area contributed by atoms with Crippen molar-refractivity contribution in [3.8, 4) is 22.4 Å². The van der Waals surface area contributed by atoms with Gasteiger partial charge in [0.1, 0.15) is 12.8 Å². The minimum Gasteiger partial charge on any atom is -0.354 e. The van der Waals surface area contributed by atoms with Crippen LogP contribution in [0.15, 0.2) is 103 Å².